The summed E-state index contributed by atoms with van der Waals surface area (Å²) in [6, 6.07) is 0. The van der Waals surface area contributed by atoms with E-state index in [1.807, 2.05) is 6.92 Å². The molecule has 0 aromatic heterocycles. The zero-order valence-corrected chi connectivity index (χ0v) is 5.68. The topological polar surface area (TPSA) is 40.5 Å². The molecule has 1 atom stereocenters. The lowest BCUT2D eigenvalue weighted by molar-refractivity contribution is -0.181. The maximum atomic E-state index is 8.84. The molecule has 0 saturated carbocycles. The third kappa shape index (κ3) is 2.28. The second kappa shape index (κ2) is 2.46. The summed E-state index contributed by atoms with van der Waals surface area (Å²) in [6.45, 7) is 5.14. The lowest BCUT2D eigenvalue weighted by atomic mass is 10.0. The molecule has 0 heterocycles. The van der Waals surface area contributed by atoms with Crippen molar-refractivity contribution < 1.29 is 10.2 Å². The van der Waals surface area contributed by atoms with E-state index in [1.165, 1.54) is 6.92 Å². The molecule has 8 heavy (non-hydrogen) atoms. The predicted octanol–water partition coefficient (Wildman–Crippen LogP) is 0.733. The quantitative estimate of drug-likeness (QED) is 0.525. The Morgan fingerprint density at radius 3 is 1.88 bits per heavy atom. The fourth-order valence-electron chi connectivity index (χ4n) is 0.387. The first kappa shape index (κ1) is 7.92. The first-order valence-corrected chi connectivity index (χ1v) is 2.93. The Labute approximate surface area is 50.2 Å². The fourth-order valence-corrected chi connectivity index (χ4v) is 0.387. The lowest BCUT2D eigenvalue weighted by Crippen LogP contribution is -2.31. The minimum atomic E-state index is -1.49. The Bertz CT molecular complexity index is 63.4. The van der Waals surface area contributed by atoms with Gasteiger partial charge < -0.3 is 10.2 Å². The third-order valence-corrected chi connectivity index (χ3v) is 1.55. The monoisotopic (exact) mass is 118 g/mol. The van der Waals surface area contributed by atoms with Crippen LogP contribution < -0.4 is 0 Å². The van der Waals surface area contributed by atoms with Crippen molar-refractivity contribution in [2.24, 2.45) is 5.92 Å². The SMILES string of the molecule is CCC(C)C(C)(O)O. The van der Waals surface area contributed by atoms with Gasteiger partial charge >= 0.3 is 0 Å². The predicted molar refractivity (Wildman–Crippen MR) is 32.3 cm³/mol. The van der Waals surface area contributed by atoms with E-state index >= 15 is 0 Å². The molecule has 0 fully saturated rings. The van der Waals surface area contributed by atoms with E-state index < -0.39 is 5.79 Å². The van der Waals surface area contributed by atoms with Crippen molar-refractivity contribution in [2.45, 2.75) is 33.0 Å². The number of hydrogen-bond donors (Lipinski definition) is 2. The van der Waals surface area contributed by atoms with Crippen LogP contribution in [0, 0.1) is 5.92 Å². The first-order valence-electron chi connectivity index (χ1n) is 2.93. The molecule has 0 amide bonds. The van der Waals surface area contributed by atoms with Crippen molar-refractivity contribution in [2.75, 3.05) is 0 Å². The summed E-state index contributed by atoms with van der Waals surface area (Å²) in [5.41, 5.74) is 0. The van der Waals surface area contributed by atoms with E-state index in [0.29, 0.717) is 0 Å². The van der Waals surface area contributed by atoms with Crippen LogP contribution in [0.1, 0.15) is 27.2 Å². The van der Waals surface area contributed by atoms with Crippen molar-refractivity contribution in [3.05, 3.63) is 0 Å². The average molecular weight is 118 g/mol. The van der Waals surface area contributed by atoms with Crippen molar-refractivity contribution in [1.82, 2.24) is 0 Å². The molecule has 1 unspecified atom stereocenters. The van der Waals surface area contributed by atoms with Crippen LogP contribution in [0.5, 0.6) is 0 Å². The van der Waals surface area contributed by atoms with E-state index in [9.17, 15) is 0 Å². The van der Waals surface area contributed by atoms with Crippen LogP contribution in [0.15, 0.2) is 0 Å². The molecular weight excluding hydrogens is 104 g/mol. The maximum absolute atomic E-state index is 8.84. The molecule has 0 aliphatic heterocycles. The van der Waals surface area contributed by atoms with Crippen molar-refractivity contribution in [3.8, 4) is 0 Å². The normalized spacial score (nSPS) is 16.1. The third-order valence-electron chi connectivity index (χ3n) is 1.55. The highest BCUT2D eigenvalue weighted by Gasteiger charge is 2.22. The van der Waals surface area contributed by atoms with E-state index in [2.05, 4.69) is 0 Å². The first-order chi connectivity index (χ1) is 3.48. The maximum Gasteiger partial charge on any atom is 0.162 e. The highest BCUT2D eigenvalue weighted by molar-refractivity contribution is 4.63. The Hall–Kier alpha value is -0.0800. The van der Waals surface area contributed by atoms with Gasteiger partial charge in [-0.15, -0.1) is 0 Å². The van der Waals surface area contributed by atoms with Gasteiger partial charge in [-0.2, -0.15) is 0 Å². The van der Waals surface area contributed by atoms with Crippen LogP contribution in [-0.4, -0.2) is 16.0 Å². The molecule has 0 aromatic carbocycles. The molecule has 0 aliphatic rings. The van der Waals surface area contributed by atoms with Crippen LogP contribution in [0.2, 0.25) is 0 Å². The van der Waals surface area contributed by atoms with Crippen LogP contribution in [0.4, 0.5) is 0 Å². The fraction of sp³-hybridized carbons (Fsp3) is 1.00. The molecular formula is C6H14O2. The van der Waals surface area contributed by atoms with Gasteiger partial charge in [0.15, 0.2) is 5.79 Å². The standard InChI is InChI=1S/C6H14O2/c1-4-5(2)6(3,7)8/h5,7-8H,4H2,1-3H3. The van der Waals surface area contributed by atoms with Gasteiger partial charge in [0.05, 0.1) is 0 Å². The summed E-state index contributed by atoms with van der Waals surface area (Å²) in [7, 11) is 0. The average Bonchev–Trinajstić information content (AvgIpc) is 1.62. The van der Waals surface area contributed by atoms with Gasteiger partial charge in [-0.25, -0.2) is 0 Å². The smallest absolute Gasteiger partial charge is 0.162 e. The van der Waals surface area contributed by atoms with Gasteiger partial charge in [-0.1, -0.05) is 13.8 Å². The Kier molecular flexibility index (Phi) is 2.44. The molecule has 0 saturated heterocycles. The molecule has 50 valence electrons. The molecule has 2 nitrogen and oxygen atoms in total. The molecule has 2 N–H and O–H groups in total. The second-order valence-electron chi connectivity index (χ2n) is 2.40. The number of rotatable bonds is 2. The molecule has 0 radical (unpaired) electrons. The Morgan fingerprint density at radius 1 is 1.50 bits per heavy atom. The largest absolute Gasteiger partial charge is 0.366 e. The molecule has 0 aliphatic carbocycles. The number of aliphatic hydroxyl groups is 2. The van der Waals surface area contributed by atoms with Gasteiger partial charge in [0.25, 0.3) is 0 Å². The molecule has 0 bridgehead atoms. The van der Waals surface area contributed by atoms with E-state index in [-0.39, 0.29) is 5.92 Å². The summed E-state index contributed by atoms with van der Waals surface area (Å²) in [6.07, 6.45) is 0.795. The highest BCUT2D eigenvalue weighted by Crippen LogP contribution is 2.15. The molecule has 0 spiro atoms. The summed E-state index contributed by atoms with van der Waals surface area (Å²) in [5.74, 6) is -1.53. The van der Waals surface area contributed by atoms with Crippen LogP contribution in [-0.2, 0) is 0 Å². The van der Waals surface area contributed by atoms with Gasteiger partial charge in [-0.3, -0.25) is 0 Å². The number of hydrogen-bond acceptors (Lipinski definition) is 2. The molecule has 0 aromatic rings. The summed E-state index contributed by atoms with van der Waals surface area (Å²) < 4.78 is 0. The highest BCUT2D eigenvalue weighted by atomic mass is 16.5. The van der Waals surface area contributed by atoms with Gasteiger partial charge in [0, 0.05) is 5.92 Å². The van der Waals surface area contributed by atoms with Crippen LogP contribution in [0.25, 0.3) is 0 Å². The van der Waals surface area contributed by atoms with Crippen LogP contribution >= 0.6 is 0 Å². The van der Waals surface area contributed by atoms with E-state index in [0.717, 1.165) is 6.42 Å². The summed E-state index contributed by atoms with van der Waals surface area (Å²) in [5, 5.41) is 17.7. The van der Waals surface area contributed by atoms with Crippen LogP contribution in [0.3, 0.4) is 0 Å². The lowest BCUT2D eigenvalue weighted by Gasteiger charge is -2.22. The van der Waals surface area contributed by atoms with E-state index in [1.54, 1.807) is 6.92 Å². The van der Waals surface area contributed by atoms with E-state index in [4.69, 9.17) is 10.2 Å². The van der Waals surface area contributed by atoms with Gasteiger partial charge in [0.2, 0.25) is 0 Å². The zero-order valence-electron chi connectivity index (χ0n) is 5.68. The van der Waals surface area contributed by atoms with Crippen molar-refractivity contribution >= 4 is 0 Å². The zero-order chi connectivity index (χ0) is 6.78. The summed E-state index contributed by atoms with van der Waals surface area (Å²) >= 11 is 0. The van der Waals surface area contributed by atoms with Crippen molar-refractivity contribution in [3.63, 3.8) is 0 Å². The minimum Gasteiger partial charge on any atom is -0.366 e. The Morgan fingerprint density at radius 2 is 1.88 bits per heavy atom. The van der Waals surface area contributed by atoms with Gasteiger partial charge in [0.1, 0.15) is 0 Å². The molecule has 0 rings (SSSR count). The second-order valence-corrected chi connectivity index (χ2v) is 2.40. The Balaban J connectivity index is 3.62. The van der Waals surface area contributed by atoms with Gasteiger partial charge in [-0.05, 0) is 13.3 Å². The minimum absolute atomic E-state index is 0.0394. The summed E-state index contributed by atoms with van der Waals surface area (Å²) in [4.78, 5) is 0. The molecule has 2 heteroatoms. The van der Waals surface area contributed by atoms with Crippen molar-refractivity contribution in [1.29, 1.82) is 0 Å².